The second-order valence-corrected chi connectivity index (χ2v) is 3.63. The molecule has 0 spiro atoms. The molecule has 1 aromatic carbocycles. The molecule has 0 saturated heterocycles. The average molecular weight is 202 g/mol. The van der Waals surface area contributed by atoms with Crippen molar-refractivity contribution in [2.75, 3.05) is 5.73 Å². The van der Waals surface area contributed by atoms with Crippen LogP contribution >= 0.6 is 0 Å². The Kier molecular flexibility index (Phi) is 2.67. The average Bonchev–Trinajstić information content (AvgIpc) is 2.64. The second-order valence-electron chi connectivity index (χ2n) is 3.63. The first kappa shape index (κ1) is 9.71. The number of anilines is 1. The molecular weight excluding hydrogens is 188 g/mol. The number of nitrogen functional groups attached to an aromatic ring is 1. The van der Waals surface area contributed by atoms with E-state index in [1.165, 1.54) is 11.1 Å². The Morgan fingerprint density at radius 3 is 2.53 bits per heavy atom. The minimum absolute atomic E-state index is 0.314. The number of hydrogen-bond donors (Lipinski definition) is 2. The van der Waals surface area contributed by atoms with Gasteiger partial charge in [0.05, 0.1) is 0 Å². The molecule has 0 radical (unpaired) electrons. The maximum Gasteiger partial charge on any atom is 0.239 e. The summed E-state index contributed by atoms with van der Waals surface area (Å²) in [7, 11) is 0. The van der Waals surface area contributed by atoms with E-state index in [4.69, 9.17) is 5.73 Å². The van der Waals surface area contributed by atoms with Gasteiger partial charge in [-0.1, -0.05) is 29.8 Å². The van der Waals surface area contributed by atoms with Crippen LogP contribution in [0.15, 0.2) is 24.3 Å². The first-order valence-electron chi connectivity index (χ1n) is 4.96. The molecule has 0 aliphatic carbocycles. The van der Waals surface area contributed by atoms with Crippen LogP contribution in [-0.2, 0) is 12.8 Å². The van der Waals surface area contributed by atoms with E-state index >= 15 is 0 Å². The molecule has 0 unspecified atom stereocenters. The number of aryl methyl sites for hydroxylation is 3. The van der Waals surface area contributed by atoms with Gasteiger partial charge >= 0.3 is 0 Å². The van der Waals surface area contributed by atoms with E-state index in [0.29, 0.717) is 5.95 Å². The minimum Gasteiger partial charge on any atom is -0.367 e. The lowest BCUT2D eigenvalue weighted by Crippen LogP contribution is -1.94. The number of H-pyrrole nitrogens is 1. The summed E-state index contributed by atoms with van der Waals surface area (Å²) in [5.74, 6) is 1.15. The van der Waals surface area contributed by atoms with Gasteiger partial charge in [0.15, 0.2) is 0 Å². The number of benzene rings is 1. The lowest BCUT2D eigenvalue weighted by molar-refractivity contribution is 0.864. The van der Waals surface area contributed by atoms with Crippen molar-refractivity contribution in [3.8, 4) is 0 Å². The Hall–Kier alpha value is -1.84. The third-order valence-electron chi connectivity index (χ3n) is 2.32. The molecule has 1 aromatic heterocycles. The maximum absolute atomic E-state index is 5.41. The van der Waals surface area contributed by atoms with Crippen LogP contribution in [0.2, 0.25) is 0 Å². The molecule has 2 aromatic rings. The van der Waals surface area contributed by atoms with Crippen molar-refractivity contribution in [1.82, 2.24) is 15.2 Å². The Balaban J connectivity index is 1.96. The SMILES string of the molecule is Cc1ccc(CCc2nc(N)n[nH]2)cc1. The highest BCUT2D eigenvalue weighted by atomic mass is 15.3. The van der Waals surface area contributed by atoms with Gasteiger partial charge in [-0.25, -0.2) is 0 Å². The smallest absolute Gasteiger partial charge is 0.239 e. The zero-order valence-corrected chi connectivity index (χ0v) is 8.70. The molecule has 0 fully saturated rings. The standard InChI is InChI=1S/C11H14N4/c1-8-2-4-9(5-3-8)6-7-10-13-11(12)15-14-10/h2-5H,6-7H2,1H3,(H3,12,13,14,15). The van der Waals surface area contributed by atoms with Crippen molar-refractivity contribution in [3.05, 3.63) is 41.2 Å². The van der Waals surface area contributed by atoms with Crippen molar-refractivity contribution in [2.24, 2.45) is 0 Å². The highest BCUT2D eigenvalue weighted by molar-refractivity contribution is 5.22. The molecule has 2 rings (SSSR count). The predicted molar refractivity (Wildman–Crippen MR) is 59.4 cm³/mol. The van der Waals surface area contributed by atoms with Crippen LogP contribution in [0.5, 0.6) is 0 Å². The summed E-state index contributed by atoms with van der Waals surface area (Å²) in [6.45, 7) is 2.08. The maximum atomic E-state index is 5.41. The second kappa shape index (κ2) is 4.13. The minimum atomic E-state index is 0.314. The van der Waals surface area contributed by atoms with Crippen LogP contribution < -0.4 is 5.73 Å². The molecule has 1 heterocycles. The lowest BCUT2D eigenvalue weighted by Gasteiger charge is -1.99. The van der Waals surface area contributed by atoms with Gasteiger partial charge in [-0.15, -0.1) is 5.10 Å². The van der Waals surface area contributed by atoms with Crippen LogP contribution in [0, 0.1) is 6.92 Å². The van der Waals surface area contributed by atoms with E-state index in [2.05, 4.69) is 46.4 Å². The van der Waals surface area contributed by atoms with Gasteiger partial charge in [0.2, 0.25) is 5.95 Å². The number of aromatic nitrogens is 3. The summed E-state index contributed by atoms with van der Waals surface area (Å²) < 4.78 is 0. The molecule has 0 bridgehead atoms. The highest BCUT2D eigenvalue weighted by Crippen LogP contribution is 2.06. The molecule has 78 valence electrons. The fourth-order valence-corrected chi connectivity index (χ4v) is 1.44. The molecule has 0 atom stereocenters. The summed E-state index contributed by atoms with van der Waals surface area (Å²) in [4.78, 5) is 4.05. The largest absolute Gasteiger partial charge is 0.367 e. The van der Waals surface area contributed by atoms with Crippen molar-refractivity contribution >= 4 is 5.95 Å². The summed E-state index contributed by atoms with van der Waals surface area (Å²) in [5, 5.41) is 6.59. The third-order valence-corrected chi connectivity index (χ3v) is 2.32. The van der Waals surface area contributed by atoms with Crippen LogP contribution in [-0.4, -0.2) is 15.2 Å². The Morgan fingerprint density at radius 1 is 1.20 bits per heavy atom. The van der Waals surface area contributed by atoms with E-state index in [0.717, 1.165) is 18.7 Å². The molecule has 0 aliphatic heterocycles. The molecule has 0 amide bonds. The zero-order valence-electron chi connectivity index (χ0n) is 8.70. The Labute approximate surface area is 88.5 Å². The van der Waals surface area contributed by atoms with Gasteiger partial charge in [-0.3, -0.25) is 5.10 Å². The van der Waals surface area contributed by atoms with Crippen molar-refractivity contribution in [1.29, 1.82) is 0 Å². The number of hydrogen-bond acceptors (Lipinski definition) is 3. The number of nitrogens with two attached hydrogens (primary N) is 1. The fourth-order valence-electron chi connectivity index (χ4n) is 1.44. The van der Waals surface area contributed by atoms with E-state index in [1.807, 2.05) is 0 Å². The van der Waals surface area contributed by atoms with Crippen molar-refractivity contribution < 1.29 is 0 Å². The molecule has 4 heteroatoms. The Bertz CT molecular complexity index is 430. The van der Waals surface area contributed by atoms with Gasteiger partial charge in [0, 0.05) is 6.42 Å². The van der Waals surface area contributed by atoms with Crippen molar-refractivity contribution in [3.63, 3.8) is 0 Å². The number of nitrogens with zero attached hydrogens (tertiary/aromatic N) is 2. The fraction of sp³-hybridized carbons (Fsp3) is 0.273. The topological polar surface area (TPSA) is 67.6 Å². The highest BCUT2D eigenvalue weighted by Gasteiger charge is 2.00. The summed E-state index contributed by atoms with van der Waals surface area (Å²) in [6.07, 6.45) is 1.79. The molecule has 0 aliphatic rings. The first-order chi connectivity index (χ1) is 7.24. The van der Waals surface area contributed by atoms with E-state index in [1.54, 1.807) is 0 Å². The normalized spacial score (nSPS) is 10.5. The number of nitrogens with one attached hydrogen (secondary N) is 1. The van der Waals surface area contributed by atoms with E-state index in [9.17, 15) is 0 Å². The molecular formula is C11H14N4. The number of aromatic amines is 1. The van der Waals surface area contributed by atoms with Crippen LogP contribution in [0.4, 0.5) is 5.95 Å². The molecule has 3 N–H and O–H groups in total. The van der Waals surface area contributed by atoms with Crippen LogP contribution in [0.1, 0.15) is 17.0 Å². The summed E-state index contributed by atoms with van der Waals surface area (Å²) >= 11 is 0. The van der Waals surface area contributed by atoms with E-state index < -0.39 is 0 Å². The van der Waals surface area contributed by atoms with Gasteiger partial charge in [0.25, 0.3) is 0 Å². The van der Waals surface area contributed by atoms with Crippen LogP contribution in [0.3, 0.4) is 0 Å². The monoisotopic (exact) mass is 202 g/mol. The quantitative estimate of drug-likeness (QED) is 0.792. The predicted octanol–water partition coefficient (Wildman–Crippen LogP) is 1.48. The van der Waals surface area contributed by atoms with Crippen LogP contribution in [0.25, 0.3) is 0 Å². The Morgan fingerprint density at radius 2 is 1.93 bits per heavy atom. The van der Waals surface area contributed by atoms with Crippen molar-refractivity contribution in [2.45, 2.75) is 19.8 Å². The summed E-state index contributed by atoms with van der Waals surface area (Å²) in [5.41, 5.74) is 8.00. The van der Waals surface area contributed by atoms with Gasteiger partial charge in [-0.2, -0.15) is 4.98 Å². The first-order valence-corrected chi connectivity index (χ1v) is 4.96. The lowest BCUT2D eigenvalue weighted by atomic mass is 10.1. The molecule has 4 nitrogen and oxygen atoms in total. The van der Waals surface area contributed by atoms with Gasteiger partial charge in [-0.05, 0) is 18.9 Å². The molecule has 15 heavy (non-hydrogen) atoms. The number of rotatable bonds is 3. The zero-order chi connectivity index (χ0) is 10.7. The summed E-state index contributed by atoms with van der Waals surface area (Å²) in [6, 6.07) is 8.50. The van der Waals surface area contributed by atoms with Gasteiger partial charge < -0.3 is 5.73 Å². The van der Waals surface area contributed by atoms with E-state index in [-0.39, 0.29) is 0 Å². The third kappa shape index (κ3) is 2.56. The van der Waals surface area contributed by atoms with Gasteiger partial charge in [0.1, 0.15) is 5.82 Å². The molecule has 0 saturated carbocycles.